The second kappa shape index (κ2) is 11.3. The lowest BCUT2D eigenvalue weighted by atomic mass is 10.2. The molecule has 0 saturated carbocycles. The maximum Gasteiger partial charge on any atom is 0.343 e. The van der Waals surface area contributed by atoms with Gasteiger partial charge in [-0.25, -0.2) is 10.2 Å². The number of ether oxygens (including phenoxy) is 1. The molecule has 0 aliphatic rings. The van der Waals surface area contributed by atoms with Gasteiger partial charge in [-0.05, 0) is 60.7 Å². The second-order valence-electron chi connectivity index (χ2n) is 6.36. The number of halogens is 4. The summed E-state index contributed by atoms with van der Waals surface area (Å²) in [4.78, 5) is 36.5. The molecule has 0 aliphatic carbocycles. The number of carbonyl (C=O) groups excluding carboxylic acids is 3. The molecule has 2 N–H and O–H groups in total. The van der Waals surface area contributed by atoms with Crippen LogP contribution in [0.25, 0.3) is 0 Å². The van der Waals surface area contributed by atoms with Crippen LogP contribution in [0.2, 0.25) is 15.1 Å². The fourth-order valence-corrected chi connectivity index (χ4v) is 3.28. The number of hydrogen-bond acceptors (Lipinski definition) is 5. The third kappa shape index (κ3) is 7.03. The van der Waals surface area contributed by atoms with Crippen molar-refractivity contribution in [3.63, 3.8) is 0 Å². The summed E-state index contributed by atoms with van der Waals surface area (Å²) in [6.45, 7) is 0. The van der Waals surface area contributed by atoms with Crippen molar-refractivity contribution in [2.45, 2.75) is 0 Å². The van der Waals surface area contributed by atoms with Crippen LogP contribution >= 0.6 is 50.7 Å². The SMILES string of the molecule is O=C(N/N=C\c1cc(Br)ccc1OC(=O)c1ccc(Cl)cc1)C(=O)Nc1cc(Cl)ccc1Cl. The van der Waals surface area contributed by atoms with Gasteiger partial charge in [0, 0.05) is 20.1 Å². The number of hydrazone groups is 1. The molecule has 0 spiro atoms. The third-order valence-corrected chi connectivity index (χ3v) is 5.32. The fraction of sp³-hybridized carbons (Fsp3) is 0. The Morgan fingerprint density at radius 2 is 1.58 bits per heavy atom. The lowest BCUT2D eigenvalue weighted by Crippen LogP contribution is -2.32. The Balaban J connectivity index is 1.67. The third-order valence-electron chi connectivity index (χ3n) is 4.01. The Morgan fingerprint density at radius 3 is 2.30 bits per heavy atom. The fourth-order valence-electron chi connectivity index (χ4n) is 2.44. The summed E-state index contributed by atoms with van der Waals surface area (Å²) in [5.74, 6) is -2.46. The van der Waals surface area contributed by atoms with Crippen molar-refractivity contribution in [1.82, 2.24) is 5.43 Å². The van der Waals surface area contributed by atoms with Crippen LogP contribution in [-0.2, 0) is 9.59 Å². The molecule has 0 aromatic heterocycles. The molecule has 0 heterocycles. The topological polar surface area (TPSA) is 96.9 Å². The Hall–Kier alpha value is -2.91. The van der Waals surface area contributed by atoms with Crippen LogP contribution in [0.15, 0.2) is 70.2 Å². The normalized spacial score (nSPS) is 10.7. The van der Waals surface area contributed by atoms with E-state index in [4.69, 9.17) is 39.5 Å². The predicted octanol–water partition coefficient (Wildman–Crippen LogP) is 5.72. The van der Waals surface area contributed by atoms with Gasteiger partial charge in [0.05, 0.1) is 22.5 Å². The highest BCUT2D eigenvalue weighted by Crippen LogP contribution is 2.25. The number of nitrogens with one attached hydrogen (secondary N) is 2. The first-order chi connectivity index (χ1) is 15.7. The van der Waals surface area contributed by atoms with Crippen molar-refractivity contribution in [2.24, 2.45) is 5.10 Å². The largest absolute Gasteiger partial charge is 0.422 e. The number of hydrogen-bond donors (Lipinski definition) is 2. The zero-order chi connectivity index (χ0) is 24.0. The average Bonchev–Trinajstić information content (AvgIpc) is 2.78. The molecule has 3 aromatic rings. The highest BCUT2D eigenvalue weighted by Gasteiger charge is 2.15. The second-order valence-corrected chi connectivity index (χ2v) is 8.55. The molecule has 0 atom stereocenters. The van der Waals surface area contributed by atoms with Gasteiger partial charge in [0.2, 0.25) is 0 Å². The molecule has 3 rings (SSSR count). The van der Waals surface area contributed by atoms with E-state index in [0.29, 0.717) is 25.6 Å². The van der Waals surface area contributed by atoms with Crippen molar-refractivity contribution >= 4 is 80.4 Å². The Kier molecular flexibility index (Phi) is 8.46. The number of amides is 2. The van der Waals surface area contributed by atoms with Crippen LogP contribution < -0.4 is 15.5 Å². The van der Waals surface area contributed by atoms with Crippen molar-refractivity contribution in [1.29, 1.82) is 0 Å². The van der Waals surface area contributed by atoms with Gasteiger partial charge in [0.25, 0.3) is 0 Å². The van der Waals surface area contributed by atoms with Crippen LogP contribution in [0.4, 0.5) is 5.69 Å². The number of benzene rings is 3. The minimum absolute atomic E-state index is 0.177. The van der Waals surface area contributed by atoms with Gasteiger partial charge < -0.3 is 10.1 Å². The maximum absolute atomic E-state index is 12.4. The number of rotatable bonds is 5. The molecule has 3 aromatic carbocycles. The van der Waals surface area contributed by atoms with Crippen molar-refractivity contribution in [3.8, 4) is 5.75 Å². The van der Waals surface area contributed by atoms with Crippen molar-refractivity contribution in [3.05, 3.63) is 91.3 Å². The summed E-state index contributed by atoms with van der Waals surface area (Å²) < 4.78 is 6.10. The van der Waals surface area contributed by atoms with Gasteiger partial charge in [-0.15, -0.1) is 0 Å². The molecule has 0 radical (unpaired) electrons. The van der Waals surface area contributed by atoms with E-state index < -0.39 is 17.8 Å². The first kappa shape index (κ1) is 24.7. The molecule has 7 nitrogen and oxygen atoms in total. The lowest BCUT2D eigenvalue weighted by Gasteiger charge is -2.08. The van der Waals surface area contributed by atoms with Gasteiger partial charge >= 0.3 is 17.8 Å². The van der Waals surface area contributed by atoms with E-state index in [1.165, 1.54) is 30.5 Å². The van der Waals surface area contributed by atoms with E-state index in [2.05, 4.69) is 31.8 Å². The van der Waals surface area contributed by atoms with E-state index in [9.17, 15) is 14.4 Å². The zero-order valence-electron chi connectivity index (χ0n) is 16.4. The molecule has 2 amide bonds. The lowest BCUT2D eigenvalue weighted by molar-refractivity contribution is -0.136. The molecule has 0 fully saturated rings. The van der Waals surface area contributed by atoms with Crippen LogP contribution in [-0.4, -0.2) is 24.0 Å². The molecule has 11 heteroatoms. The number of esters is 1. The van der Waals surface area contributed by atoms with Crippen molar-refractivity contribution < 1.29 is 19.1 Å². The van der Waals surface area contributed by atoms with Crippen LogP contribution in [0, 0.1) is 0 Å². The standard InChI is InChI=1S/C22H13BrCl3N3O4/c23-14-3-8-19(33-22(32)12-1-4-15(24)5-2-12)13(9-14)11-27-29-21(31)20(30)28-18-10-16(25)6-7-17(18)26/h1-11H,(H,28,30)(H,29,31)/b27-11-. The van der Waals surface area contributed by atoms with Crippen molar-refractivity contribution in [2.75, 3.05) is 5.32 Å². The zero-order valence-corrected chi connectivity index (χ0v) is 20.3. The molecule has 0 aliphatic heterocycles. The highest BCUT2D eigenvalue weighted by molar-refractivity contribution is 9.10. The Labute approximate surface area is 211 Å². The monoisotopic (exact) mass is 567 g/mol. The summed E-state index contributed by atoms with van der Waals surface area (Å²) in [5, 5.41) is 7.14. The van der Waals surface area contributed by atoms with Gasteiger partial charge in [0.15, 0.2) is 0 Å². The first-order valence-corrected chi connectivity index (χ1v) is 11.0. The molecule has 0 unspecified atom stereocenters. The molecule has 0 bridgehead atoms. The van der Waals surface area contributed by atoms with Gasteiger partial charge in [-0.2, -0.15) is 5.10 Å². The molecular formula is C22H13BrCl3N3O4. The smallest absolute Gasteiger partial charge is 0.343 e. The molecule has 0 saturated heterocycles. The summed E-state index contributed by atoms with van der Waals surface area (Å²) in [6.07, 6.45) is 1.23. The first-order valence-electron chi connectivity index (χ1n) is 9.09. The van der Waals surface area contributed by atoms with E-state index in [-0.39, 0.29) is 16.5 Å². The van der Waals surface area contributed by atoms with Crippen LogP contribution in [0.1, 0.15) is 15.9 Å². The summed E-state index contributed by atoms with van der Waals surface area (Å²) in [7, 11) is 0. The Bertz CT molecular complexity index is 1250. The summed E-state index contributed by atoms with van der Waals surface area (Å²) in [6, 6.07) is 15.5. The minimum atomic E-state index is -1.04. The Morgan fingerprint density at radius 1 is 0.879 bits per heavy atom. The molecular weight excluding hydrogens is 557 g/mol. The van der Waals surface area contributed by atoms with E-state index in [0.717, 1.165) is 0 Å². The van der Waals surface area contributed by atoms with Gasteiger partial charge in [0.1, 0.15) is 5.75 Å². The minimum Gasteiger partial charge on any atom is -0.422 e. The van der Waals surface area contributed by atoms with Crippen LogP contribution in [0.3, 0.4) is 0 Å². The number of nitrogens with zero attached hydrogens (tertiary/aromatic N) is 1. The molecule has 168 valence electrons. The summed E-state index contributed by atoms with van der Waals surface area (Å²) >= 11 is 21.0. The molecule has 33 heavy (non-hydrogen) atoms. The van der Waals surface area contributed by atoms with Crippen LogP contribution in [0.5, 0.6) is 5.75 Å². The predicted molar refractivity (Wildman–Crippen MR) is 131 cm³/mol. The maximum atomic E-state index is 12.4. The summed E-state index contributed by atoms with van der Waals surface area (Å²) in [5.41, 5.74) is 2.94. The highest BCUT2D eigenvalue weighted by atomic mass is 79.9. The number of anilines is 1. The van der Waals surface area contributed by atoms with Gasteiger partial charge in [-0.3, -0.25) is 9.59 Å². The quantitative estimate of drug-likeness (QED) is 0.135. The average molecular weight is 570 g/mol. The van der Waals surface area contributed by atoms with E-state index >= 15 is 0 Å². The van der Waals surface area contributed by atoms with E-state index in [1.54, 1.807) is 36.4 Å². The van der Waals surface area contributed by atoms with Gasteiger partial charge in [-0.1, -0.05) is 50.7 Å². The number of carbonyl (C=O) groups is 3. The van der Waals surface area contributed by atoms with E-state index in [1.807, 2.05) is 0 Å².